The van der Waals surface area contributed by atoms with Crippen LogP contribution in [0.2, 0.25) is 0 Å². The Bertz CT molecular complexity index is 579. The van der Waals surface area contributed by atoms with E-state index in [2.05, 4.69) is 48.5 Å². The normalized spacial score (nSPS) is 20.0. The second-order valence-electron chi connectivity index (χ2n) is 5.50. The smallest absolute Gasteiger partial charge is 0.129 e. The molecule has 1 aliphatic rings. The first-order valence-corrected chi connectivity index (χ1v) is 7.04. The Morgan fingerprint density at radius 1 is 1.37 bits per heavy atom. The molecule has 19 heavy (non-hydrogen) atoms. The summed E-state index contributed by atoms with van der Waals surface area (Å²) in [5.74, 6) is 1.03. The summed E-state index contributed by atoms with van der Waals surface area (Å²) in [5, 5.41) is 4.74. The predicted octanol–water partition coefficient (Wildman–Crippen LogP) is 3.05. The highest BCUT2D eigenvalue weighted by molar-refractivity contribution is 5.81. The zero-order valence-corrected chi connectivity index (χ0v) is 11.7. The lowest BCUT2D eigenvalue weighted by atomic mass is 10.1. The molecule has 1 aliphatic heterocycles. The molecular formula is C16H21N3. The average Bonchev–Trinajstić information content (AvgIpc) is 2.82. The molecule has 1 unspecified atom stereocenters. The van der Waals surface area contributed by atoms with E-state index in [1.807, 2.05) is 6.07 Å². The van der Waals surface area contributed by atoms with Crippen LogP contribution < -0.4 is 5.32 Å². The van der Waals surface area contributed by atoms with Gasteiger partial charge in [-0.1, -0.05) is 18.2 Å². The van der Waals surface area contributed by atoms with Gasteiger partial charge in [0, 0.05) is 18.0 Å². The molecule has 2 heterocycles. The number of hydrogen-bond acceptors (Lipinski definition) is 3. The Morgan fingerprint density at radius 3 is 3.00 bits per heavy atom. The number of nitrogens with one attached hydrogen (secondary N) is 1. The van der Waals surface area contributed by atoms with Crippen molar-refractivity contribution < 1.29 is 0 Å². The molecule has 1 atom stereocenters. The monoisotopic (exact) mass is 255 g/mol. The molecule has 2 aromatic rings. The number of aromatic nitrogens is 1. The molecule has 1 saturated heterocycles. The minimum atomic E-state index is 0.646. The van der Waals surface area contributed by atoms with Gasteiger partial charge in [-0.15, -0.1) is 0 Å². The standard InChI is InChI=1S/C16H21N3/c1-12-10-13-6-3-4-8-15(13)18-16(12)17-11-14-7-5-9-19(14)2/h3-4,6,8,10,14H,5,7,9,11H2,1-2H3,(H,17,18). The Labute approximate surface area is 114 Å². The maximum Gasteiger partial charge on any atom is 0.129 e. The van der Waals surface area contributed by atoms with Crippen LogP contribution in [-0.2, 0) is 0 Å². The first-order valence-electron chi connectivity index (χ1n) is 7.04. The van der Waals surface area contributed by atoms with Crippen molar-refractivity contribution in [2.45, 2.75) is 25.8 Å². The molecule has 0 aliphatic carbocycles. The minimum absolute atomic E-state index is 0.646. The van der Waals surface area contributed by atoms with Gasteiger partial charge in [0.25, 0.3) is 0 Å². The fourth-order valence-electron chi connectivity index (χ4n) is 2.85. The van der Waals surface area contributed by atoms with Gasteiger partial charge in [-0.25, -0.2) is 4.98 Å². The Kier molecular flexibility index (Phi) is 3.38. The molecule has 100 valence electrons. The first kappa shape index (κ1) is 12.4. The predicted molar refractivity (Wildman–Crippen MR) is 80.6 cm³/mol. The van der Waals surface area contributed by atoms with E-state index in [4.69, 9.17) is 4.98 Å². The minimum Gasteiger partial charge on any atom is -0.368 e. The maximum absolute atomic E-state index is 4.73. The van der Waals surface area contributed by atoms with Crippen LogP contribution in [0.1, 0.15) is 18.4 Å². The van der Waals surface area contributed by atoms with E-state index >= 15 is 0 Å². The van der Waals surface area contributed by atoms with E-state index in [1.54, 1.807) is 0 Å². The summed E-state index contributed by atoms with van der Waals surface area (Å²) in [6, 6.07) is 11.1. The van der Waals surface area contributed by atoms with Gasteiger partial charge in [-0.2, -0.15) is 0 Å². The molecular weight excluding hydrogens is 234 g/mol. The zero-order chi connectivity index (χ0) is 13.2. The van der Waals surface area contributed by atoms with Gasteiger partial charge in [0.1, 0.15) is 5.82 Å². The number of para-hydroxylation sites is 1. The van der Waals surface area contributed by atoms with Crippen molar-refractivity contribution in [2.75, 3.05) is 25.5 Å². The topological polar surface area (TPSA) is 28.2 Å². The van der Waals surface area contributed by atoms with Crippen LogP contribution in [0.3, 0.4) is 0 Å². The Balaban J connectivity index is 1.78. The average molecular weight is 255 g/mol. The van der Waals surface area contributed by atoms with Crippen LogP contribution in [-0.4, -0.2) is 36.1 Å². The van der Waals surface area contributed by atoms with E-state index in [1.165, 1.54) is 30.3 Å². The molecule has 0 spiro atoms. The van der Waals surface area contributed by atoms with E-state index in [0.29, 0.717) is 6.04 Å². The third-order valence-electron chi connectivity index (χ3n) is 4.09. The number of likely N-dealkylation sites (tertiary alicyclic amines) is 1. The van der Waals surface area contributed by atoms with Gasteiger partial charge >= 0.3 is 0 Å². The molecule has 1 N–H and O–H groups in total. The number of hydrogen-bond donors (Lipinski definition) is 1. The lowest BCUT2D eigenvalue weighted by Gasteiger charge is -2.20. The molecule has 0 amide bonds. The van der Waals surface area contributed by atoms with Crippen molar-refractivity contribution in [1.82, 2.24) is 9.88 Å². The zero-order valence-electron chi connectivity index (χ0n) is 11.7. The summed E-state index contributed by atoms with van der Waals surface area (Å²) in [4.78, 5) is 7.17. The highest BCUT2D eigenvalue weighted by Gasteiger charge is 2.20. The van der Waals surface area contributed by atoms with Crippen molar-refractivity contribution in [3.8, 4) is 0 Å². The fraction of sp³-hybridized carbons (Fsp3) is 0.438. The molecule has 0 bridgehead atoms. The third-order valence-corrected chi connectivity index (χ3v) is 4.09. The maximum atomic E-state index is 4.73. The number of pyridine rings is 1. The third kappa shape index (κ3) is 2.56. The van der Waals surface area contributed by atoms with E-state index < -0.39 is 0 Å². The van der Waals surface area contributed by atoms with Crippen molar-refractivity contribution >= 4 is 16.7 Å². The lowest BCUT2D eigenvalue weighted by molar-refractivity contribution is 0.322. The van der Waals surface area contributed by atoms with Gasteiger partial charge in [-0.3, -0.25) is 0 Å². The van der Waals surface area contributed by atoms with Crippen LogP contribution in [0, 0.1) is 6.92 Å². The summed E-state index contributed by atoms with van der Waals surface area (Å²) in [6.07, 6.45) is 2.60. The van der Waals surface area contributed by atoms with E-state index in [9.17, 15) is 0 Å². The van der Waals surface area contributed by atoms with Crippen LogP contribution in [0.25, 0.3) is 10.9 Å². The van der Waals surface area contributed by atoms with Gasteiger partial charge in [0.05, 0.1) is 5.52 Å². The number of anilines is 1. The number of rotatable bonds is 3. The molecule has 1 aromatic heterocycles. The molecule has 1 aromatic carbocycles. The first-order chi connectivity index (χ1) is 9.24. The number of aryl methyl sites for hydroxylation is 1. The van der Waals surface area contributed by atoms with Crippen LogP contribution >= 0.6 is 0 Å². The molecule has 3 heteroatoms. The summed E-state index contributed by atoms with van der Waals surface area (Å²) in [7, 11) is 2.21. The van der Waals surface area contributed by atoms with E-state index in [0.717, 1.165) is 17.9 Å². The van der Waals surface area contributed by atoms with Gasteiger partial charge in [0.15, 0.2) is 0 Å². The van der Waals surface area contributed by atoms with Gasteiger partial charge in [0.2, 0.25) is 0 Å². The summed E-state index contributed by atoms with van der Waals surface area (Å²) in [5.41, 5.74) is 2.29. The highest BCUT2D eigenvalue weighted by atomic mass is 15.2. The number of fused-ring (bicyclic) bond motifs is 1. The van der Waals surface area contributed by atoms with Crippen LogP contribution in [0.4, 0.5) is 5.82 Å². The largest absolute Gasteiger partial charge is 0.368 e. The number of benzene rings is 1. The molecule has 0 radical (unpaired) electrons. The second-order valence-corrected chi connectivity index (χ2v) is 5.50. The molecule has 3 nitrogen and oxygen atoms in total. The van der Waals surface area contributed by atoms with Crippen molar-refractivity contribution in [3.05, 3.63) is 35.9 Å². The summed E-state index contributed by atoms with van der Waals surface area (Å²) >= 11 is 0. The molecule has 3 rings (SSSR count). The summed E-state index contributed by atoms with van der Waals surface area (Å²) in [6.45, 7) is 4.33. The van der Waals surface area contributed by atoms with Crippen molar-refractivity contribution in [1.29, 1.82) is 0 Å². The SMILES string of the molecule is Cc1cc2ccccc2nc1NCC1CCCN1C. The molecule has 1 fully saturated rings. The quantitative estimate of drug-likeness (QED) is 0.913. The lowest BCUT2D eigenvalue weighted by Crippen LogP contribution is -2.31. The highest BCUT2D eigenvalue weighted by Crippen LogP contribution is 2.21. The van der Waals surface area contributed by atoms with Crippen LogP contribution in [0.5, 0.6) is 0 Å². The van der Waals surface area contributed by atoms with Crippen molar-refractivity contribution in [3.63, 3.8) is 0 Å². The van der Waals surface area contributed by atoms with Gasteiger partial charge in [-0.05, 0) is 51.1 Å². The van der Waals surface area contributed by atoms with Crippen LogP contribution in [0.15, 0.2) is 30.3 Å². The van der Waals surface area contributed by atoms with E-state index in [-0.39, 0.29) is 0 Å². The summed E-state index contributed by atoms with van der Waals surface area (Å²) < 4.78 is 0. The van der Waals surface area contributed by atoms with Crippen molar-refractivity contribution in [2.24, 2.45) is 0 Å². The number of nitrogens with zero attached hydrogens (tertiary/aromatic N) is 2. The Morgan fingerprint density at radius 2 is 2.21 bits per heavy atom. The van der Waals surface area contributed by atoms with Gasteiger partial charge < -0.3 is 10.2 Å². The molecule has 0 saturated carbocycles. The number of likely N-dealkylation sites (N-methyl/N-ethyl adjacent to an activating group) is 1. The Hall–Kier alpha value is -1.61. The fourth-order valence-corrected chi connectivity index (χ4v) is 2.85. The second kappa shape index (κ2) is 5.17.